The molecule has 0 atom stereocenters. The molecule has 0 aromatic carbocycles. The third-order valence-electron chi connectivity index (χ3n) is 2.30. The Morgan fingerprint density at radius 2 is 2.00 bits per heavy atom. The van der Waals surface area contributed by atoms with Crippen molar-refractivity contribution in [3.8, 4) is 0 Å². The highest BCUT2D eigenvalue weighted by atomic mass is 19.4. The van der Waals surface area contributed by atoms with Crippen LogP contribution in [0.15, 0.2) is 33.9 Å². The summed E-state index contributed by atoms with van der Waals surface area (Å²) in [4.78, 5) is 22.9. The molecule has 1 aromatic rings. The summed E-state index contributed by atoms with van der Waals surface area (Å²) in [5, 5.41) is 0. The first kappa shape index (κ1) is 13.3. The van der Waals surface area contributed by atoms with E-state index in [2.05, 4.69) is 6.58 Å². The molecule has 0 unspecified atom stereocenters. The molecule has 94 valence electrons. The van der Waals surface area contributed by atoms with Crippen LogP contribution in [0.3, 0.4) is 0 Å². The monoisotopic (exact) mass is 247 g/mol. The largest absolute Gasteiger partial charge is 0.506 e. The summed E-state index contributed by atoms with van der Waals surface area (Å²) < 4.78 is 38.6. The lowest BCUT2D eigenvalue weighted by Gasteiger charge is -2.18. The Morgan fingerprint density at radius 1 is 1.41 bits per heavy atom. The van der Waals surface area contributed by atoms with Gasteiger partial charge in [0, 0.05) is 25.4 Å². The SMILES string of the molecule is C=C(Cn1c(=O)ccn(CC)c1=O)[B-](F)(F)F. The molecule has 0 aliphatic heterocycles. The standard InChI is InChI=1S/C9H11BF3N2O2/c1-3-14-5-4-8(16)15(9(14)17)6-7(2)10(11,12)13/h4-5H,2-3,6H2,1H3/q-1. The highest BCUT2D eigenvalue weighted by molar-refractivity contribution is 6.66. The second kappa shape index (κ2) is 4.64. The molecule has 17 heavy (non-hydrogen) atoms. The molecule has 1 heterocycles. The van der Waals surface area contributed by atoms with Crippen molar-refractivity contribution in [2.24, 2.45) is 0 Å². The average molecular weight is 247 g/mol. The highest BCUT2D eigenvalue weighted by Gasteiger charge is 2.27. The van der Waals surface area contributed by atoms with Gasteiger partial charge in [-0.2, -0.15) is 0 Å². The van der Waals surface area contributed by atoms with Gasteiger partial charge in [-0.05, 0) is 6.92 Å². The Kier molecular flexibility index (Phi) is 3.64. The van der Waals surface area contributed by atoms with Crippen LogP contribution in [-0.2, 0) is 13.1 Å². The molecule has 1 rings (SSSR count). The fraction of sp³-hybridized carbons (Fsp3) is 0.333. The number of hydrogen-bond donors (Lipinski definition) is 0. The van der Waals surface area contributed by atoms with Crippen molar-refractivity contribution < 1.29 is 12.9 Å². The number of hydrogen-bond acceptors (Lipinski definition) is 2. The summed E-state index contributed by atoms with van der Waals surface area (Å²) >= 11 is 0. The number of rotatable bonds is 4. The van der Waals surface area contributed by atoms with Crippen molar-refractivity contribution in [1.82, 2.24) is 9.13 Å². The van der Waals surface area contributed by atoms with Gasteiger partial charge >= 0.3 is 12.7 Å². The van der Waals surface area contributed by atoms with Gasteiger partial charge in [-0.15, -0.1) is 12.1 Å². The minimum Gasteiger partial charge on any atom is -0.445 e. The van der Waals surface area contributed by atoms with Gasteiger partial charge in [0.25, 0.3) is 5.56 Å². The van der Waals surface area contributed by atoms with Gasteiger partial charge in [0.2, 0.25) is 0 Å². The van der Waals surface area contributed by atoms with Crippen LogP contribution in [0.5, 0.6) is 0 Å². The summed E-state index contributed by atoms with van der Waals surface area (Å²) in [5.74, 6) is 0. The van der Waals surface area contributed by atoms with E-state index < -0.39 is 30.2 Å². The maximum Gasteiger partial charge on any atom is 0.506 e. The Morgan fingerprint density at radius 3 is 2.47 bits per heavy atom. The van der Waals surface area contributed by atoms with E-state index in [-0.39, 0.29) is 6.54 Å². The maximum absolute atomic E-state index is 12.3. The molecule has 8 heteroatoms. The van der Waals surface area contributed by atoms with E-state index in [9.17, 15) is 22.5 Å². The van der Waals surface area contributed by atoms with Gasteiger partial charge in [-0.3, -0.25) is 9.36 Å². The number of nitrogens with zero attached hydrogens (tertiary/aromatic N) is 2. The van der Waals surface area contributed by atoms with Gasteiger partial charge in [0.05, 0.1) is 0 Å². The first-order valence-electron chi connectivity index (χ1n) is 4.95. The lowest BCUT2D eigenvalue weighted by molar-refractivity contribution is 0.478. The van der Waals surface area contributed by atoms with Crippen LogP contribution in [0.25, 0.3) is 0 Å². The number of aryl methyl sites for hydroxylation is 1. The van der Waals surface area contributed by atoms with Gasteiger partial charge in [-0.25, -0.2) is 4.79 Å². The Balaban J connectivity index is 3.20. The predicted octanol–water partition coefficient (Wildman–Crippen LogP) is 0.973. The average Bonchev–Trinajstić information content (AvgIpc) is 2.22. The fourth-order valence-electron chi connectivity index (χ4n) is 1.25. The molecule has 0 aliphatic rings. The summed E-state index contributed by atoms with van der Waals surface area (Å²) in [6, 6.07) is 1.06. The summed E-state index contributed by atoms with van der Waals surface area (Å²) in [5.41, 5.74) is -2.60. The Labute approximate surface area is 95.1 Å². The van der Waals surface area contributed by atoms with Gasteiger partial charge in [-0.1, -0.05) is 0 Å². The zero-order chi connectivity index (χ0) is 13.2. The van der Waals surface area contributed by atoms with Crippen molar-refractivity contribution >= 4 is 6.98 Å². The molecule has 0 N–H and O–H groups in total. The zero-order valence-electron chi connectivity index (χ0n) is 9.20. The number of halogens is 3. The second-order valence-corrected chi connectivity index (χ2v) is 3.54. The van der Waals surface area contributed by atoms with Crippen LogP contribution in [0.1, 0.15) is 6.92 Å². The van der Waals surface area contributed by atoms with E-state index in [0.717, 1.165) is 10.6 Å². The summed E-state index contributed by atoms with van der Waals surface area (Å²) in [6.07, 6.45) is 1.25. The first-order valence-corrected chi connectivity index (χ1v) is 4.95. The smallest absolute Gasteiger partial charge is 0.445 e. The van der Waals surface area contributed by atoms with E-state index in [1.54, 1.807) is 6.92 Å². The van der Waals surface area contributed by atoms with Crippen molar-refractivity contribution in [3.05, 3.63) is 45.2 Å². The van der Waals surface area contributed by atoms with Crippen LogP contribution >= 0.6 is 0 Å². The normalized spacial score (nSPS) is 11.5. The van der Waals surface area contributed by atoms with Crippen molar-refractivity contribution in [2.75, 3.05) is 0 Å². The second-order valence-electron chi connectivity index (χ2n) is 3.54. The molecule has 0 amide bonds. The van der Waals surface area contributed by atoms with E-state index in [0.29, 0.717) is 4.57 Å². The Bertz CT molecular complexity index is 544. The molecule has 0 saturated carbocycles. The van der Waals surface area contributed by atoms with E-state index in [1.165, 1.54) is 6.20 Å². The molecular weight excluding hydrogens is 236 g/mol. The molecular formula is C9H11BF3N2O2-. The molecule has 4 nitrogen and oxygen atoms in total. The maximum atomic E-state index is 12.3. The molecule has 0 radical (unpaired) electrons. The minimum absolute atomic E-state index is 0.281. The van der Waals surface area contributed by atoms with Crippen molar-refractivity contribution in [2.45, 2.75) is 20.0 Å². The number of aromatic nitrogens is 2. The molecule has 0 spiro atoms. The zero-order valence-corrected chi connectivity index (χ0v) is 9.20. The summed E-state index contributed by atoms with van der Waals surface area (Å²) in [6.45, 7) is -1.28. The minimum atomic E-state index is -5.25. The van der Waals surface area contributed by atoms with Crippen LogP contribution in [0.4, 0.5) is 12.9 Å². The Hall–Kier alpha value is -1.73. The quantitative estimate of drug-likeness (QED) is 0.744. The highest BCUT2D eigenvalue weighted by Crippen LogP contribution is 2.18. The molecule has 1 aromatic heterocycles. The molecule has 0 bridgehead atoms. The van der Waals surface area contributed by atoms with Crippen molar-refractivity contribution in [1.29, 1.82) is 0 Å². The van der Waals surface area contributed by atoms with E-state index in [4.69, 9.17) is 0 Å². The lowest BCUT2D eigenvalue weighted by Crippen LogP contribution is -2.40. The summed E-state index contributed by atoms with van der Waals surface area (Å²) in [7, 11) is 0. The van der Waals surface area contributed by atoms with Crippen LogP contribution in [0, 0.1) is 0 Å². The topological polar surface area (TPSA) is 44.0 Å². The van der Waals surface area contributed by atoms with Crippen LogP contribution < -0.4 is 11.2 Å². The van der Waals surface area contributed by atoms with E-state index in [1.807, 2.05) is 0 Å². The van der Waals surface area contributed by atoms with Crippen LogP contribution in [0.2, 0.25) is 0 Å². The first-order chi connectivity index (χ1) is 7.77. The predicted molar refractivity (Wildman–Crippen MR) is 58.9 cm³/mol. The molecule has 0 aliphatic carbocycles. The van der Waals surface area contributed by atoms with E-state index >= 15 is 0 Å². The number of allylic oxidation sites excluding steroid dienone is 1. The van der Waals surface area contributed by atoms with Gasteiger partial charge in [0.15, 0.2) is 0 Å². The molecule has 0 saturated heterocycles. The lowest BCUT2D eigenvalue weighted by atomic mass is 9.80. The third kappa shape index (κ3) is 2.89. The van der Waals surface area contributed by atoms with Gasteiger partial charge < -0.3 is 17.5 Å². The third-order valence-corrected chi connectivity index (χ3v) is 2.30. The fourth-order valence-corrected chi connectivity index (χ4v) is 1.25. The van der Waals surface area contributed by atoms with Gasteiger partial charge in [0.1, 0.15) is 0 Å². The van der Waals surface area contributed by atoms with Crippen LogP contribution in [-0.4, -0.2) is 16.1 Å². The molecule has 0 fully saturated rings. The van der Waals surface area contributed by atoms with Crippen molar-refractivity contribution in [3.63, 3.8) is 0 Å².